The van der Waals surface area contributed by atoms with Gasteiger partial charge in [0.15, 0.2) is 0 Å². The Hall–Kier alpha value is -0.0300. The van der Waals surface area contributed by atoms with Gasteiger partial charge in [-0.2, -0.15) is 5.26 Å². The summed E-state index contributed by atoms with van der Waals surface area (Å²) in [5.74, 6) is 1.05. The number of rotatable bonds is 1. The predicted octanol–water partition coefficient (Wildman–Crippen LogP) is 1.54. The minimum absolute atomic E-state index is 0.374. The van der Waals surface area contributed by atoms with Gasteiger partial charge in [0, 0.05) is 5.33 Å². The second kappa shape index (κ2) is 1.83. The van der Waals surface area contributed by atoms with Crippen LogP contribution in [-0.2, 0) is 0 Å². The minimum atomic E-state index is 0.374. The Morgan fingerprint density at radius 2 is 2.57 bits per heavy atom. The van der Waals surface area contributed by atoms with Gasteiger partial charge in [0.1, 0.15) is 0 Å². The molecule has 1 rings (SSSR count). The molecule has 0 spiro atoms. The number of nitriles is 1. The first-order valence-electron chi connectivity index (χ1n) is 2.34. The summed E-state index contributed by atoms with van der Waals surface area (Å²) in [5.41, 5.74) is 0. The summed E-state index contributed by atoms with van der Waals surface area (Å²) in [7, 11) is 0. The SMILES string of the molecule is N#C[C@H]1C[C@@H]1CBr. The second-order valence-electron chi connectivity index (χ2n) is 1.89. The van der Waals surface area contributed by atoms with Crippen LogP contribution in [0, 0.1) is 23.2 Å². The van der Waals surface area contributed by atoms with Gasteiger partial charge in [-0.25, -0.2) is 0 Å². The molecule has 38 valence electrons. The monoisotopic (exact) mass is 159 g/mol. The van der Waals surface area contributed by atoms with Crippen molar-refractivity contribution in [1.82, 2.24) is 0 Å². The molecule has 2 atom stereocenters. The van der Waals surface area contributed by atoms with E-state index in [2.05, 4.69) is 22.0 Å². The van der Waals surface area contributed by atoms with Crippen molar-refractivity contribution < 1.29 is 0 Å². The summed E-state index contributed by atoms with van der Waals surface area (Å²) in [4.78, 5) is 0. The molecule has 1 aliphatic rings. The van der Waals surface area contributed by atoms with Crippen molar-refractivity contribution in [2.24, 2.45) is 11.8 Å². The van der Waals surface area contributed by atoms with Gasteiger partial charge in [0.2, 0.25) is 0 Å². The van der Waals surface area contributed by atoms with Gasteiger partial charge in [0.05, 0.1) is 12.0 Å². The zero-order chi connectivity index (χ0) is 5.28. The molecule has 0 saturated heterocycles. The van der Waals surface area contributed by atoms with Gasteiger partial charge in [-0.05, 0) is 12.3 Å². The summed E-state index contributed by atoms with van der Waals surface area (Å²) >= 11 is 3.31. The highest BCUT2D eigenvalue weighted by Crippen LogP contribution is 2.38. The van der Waals surface area contributed by atoms with Crippen LogP contribution < -0.4 is 0 Å². The number of alkyl halides is 1. The smallest absolute Gasteiger partial charge is 0.0659 e. The van der Waals surface area contributed by atoms with Gasteiger partial charge in [-0.3, -0.25) is 0 Å². The molecule has 0 aromatic carbocycles. The molecule has 1 nitrogen and oxygen atoms in total. The lowest BCUT2D eigenvalue weighted by Crippen LogP contribution is -1.76. The lowest BCUT2D eigenvalue weighted by molar-refractivity contribution is 0.930. The fourth-order valence-electron chi connectivity index (χ4n) is 0.576. The van der Waals surface area contributed by atoms with Crippen molar-refractivity contribution in [1.29, 1.82) is 5.26 Å². The molecule has 0 unspecified atom stereocenters. The molecular formula is C5H6BrN. The van der Waals surface area contributed by atoms with Crippen LogP contribution in [0.2, 0.25) is 0 Å². The summed E-state index contributed by atoms with van der Waals surface area (Å²) in [6, 6.07) is 2.21. The zero-order valence-corrected chi connectivity index (χ0v) is 5.48. The standard InChI is InChI=1S/C5H6BrN/c6-2-4-1-5(4)3-7/h4-5H,1-2H2/t4-,5-/m1/s1. The molecule has 0 N–H and O–H groups in total. The molecule has 2 heteroatoms. The fraction of sp³-hybridized carbons (Fsp3) is 0.800. The molecule has 7 heavy (non-hydrogen) atoms. The lowest BCUT2D eigenvalue weighted by Gasteiger charge is -1.75. The molecule has 0 radical (unpaired) electrons. The van der Waals surface area contributed by atoms with E-state index in [-0.39, 0.29) is 0 Å². The molecule has 0 amide bonds. The van der Waals surface area contributed by atoms with Crippen LogP contribution in [0.4, 0.5) is 0 Å². The highest BCUT2D eigenvalue weighted by molar-refractivity contribution is 9.09. The lowest BCUT2D eigenvalue weighted by atomic mass is 10.4. The van der Waals surface area contributed by atoms with Gasteiger partial charge in [0.25, 0.3) is 0 Å². The maximum atomic E-state index is 8.24. The van der Waals surface area contributed by atoms with E-state index in [4.69, 9.17) is 5.26 Å². The Labute approximate surface area is 51.5 Å². The molecule has 0 aromatic rings. The highest BCUT2D eigenvalue weighted by atomic mass is 79.9. The van der Waals surface area contributed by atoms with Gasteiger partial charge >= 0.3 is 0 Å². The van der Waals surface area contributed by atoms with Crippen LogP contribution in [0.15, 0.2) is 0 Å². The summed E-state index contributed by atoms with van der Waals surface area (Å²) < 4.78 is 0. The molecular weight excluding hydrogens is 154 g/mol. The first-order valence-corrected chi connectivity index (χ1v) is 3.46. The van der Waals surface area contributed by atoms with Gasteiger partial charge in [-0.15, -0.1) is 0 Å². The number of hydrogen-bond acceptors (Lipinski definition) is 1. The van der Waals surface area contributed by atoms with Crippen LogP contribution in [-0.4, -0.2) is 5.33 Å². The average Bonchev–Trinajstić information content (AvgIpc) is 2.43. The number of nitrogens with zero attached hydrogens (tertiary/aromatic N) is 1. The van der Waals surface area contributed by atoms with E-state index in [0.717, 1.165) is 11.8 Å². The molecule has 0 heterocycles. The van der Waals surface area contributed by atoms with E-state index in [1.54, 1.807) is 0 Å². The van der Waals surface area contributed by atoms with Gasteiger partial charge in [-0.1, -0.05) is 15.9 Å². The van der Waals surface area contributed by atoms with Crippen LogP contribution in [0.25, 0.3) is 0 Å². The van der Waals surface area contributed by atoms with Crippen LogP contribution in [0.5, 0.6) is 0 Å². The summed E-state index contributed by atoms with van der Waals surface area (Å²) in [6.07, 6.45) is 1.11. The zero-order valence-electron chi connectivity index (χ0n) is 3.89. The summed E-state index contributed by atoms with van der Waals surface area (Å²) in [5, 5.41) is 9.24. The van der Waals surface area contributed by atoms with E-state index in [1.165, 1.54) is 0 Å². The Bertz CT molecular complexity index is 105. The van der Waals surface area contributed by atoms with E-state index >= 15 is 0 Å². The summed E-state index contributed by atoms with van der Waals surface area (Å²) in [6.45, 7) is 0. The van der Waals surface area contributed by atoms with Crippen LogP contribution in [0.1, 0.15) is 6.42 Å². The Balaban J connectivity index is 2.21. The quantitative estimate of drug-likeness (QED) is 0.533. The molecule has 1 fully saturated rings. The minimum Gasteiger partial charge on any atom is -0.198 e. The maximum absolute atomic E-state index is 8.24. The van der Waals surface area contributed by atoms with E-state index in [1.807, 2.05) is 0 Å². The largest absolute Gasteiger partial charge is 0.198 e. The van der Waals surface area contributed by atoms with Crippen LogP contribution in [0.3, 0.4) is 0 Å². The highest BCUT2D eigenvalue weighted by Gasteiger charge is 2.35. The molecule has 1 saturated carbocycles. The third kappa shape index (κ3) is 0.947. The fourth-order valence-corrected chi connectivity index (χ4v) is 1.29. The first kappa shape index (κ1) is 5.11. The molecule has 0 aliphatic heterocycles. The van der Waals surface area contributed by atoms with Crippen molar-refractivity contribution in [3.05, 3.63) is 0 Å². The average molecular weight is 160 g/mol. The molecule has 1 aliphatic carbocycles. The second-order valence-corrected chi connectivity index (χ2v) is 2.53. The molecule has 0 bridgehead atoms. The van der Waals surface area contributed by atoms with E-state index < -0.39 is 0 Å². The first-order chi connectivity index (χ1) is 3.38. The predicted molar refractivity (Wildman–Crippen MR) is 31.0 cm³/mol. The topological polar surface area (TPSA) is 23.8 Å². The maximum Gasteiger partial charge on any atom is 0.0659 e. The third-order valence-corrected chi connectivity index (χ3v) is 2.12. The van der Waals surface area contributed by atoms with Crippen LogP contribution >= 0.6 is 15.9 Å². The Kier molecular flexibility index (Phi) is 1.34. The Morgan fingerprint density at radius 3 is 2.71 bits per heavy atom. The van der Waals surface area contributed by atoms with Crippen molar-refractivity contribution in [3.8, 4) is 6.07 Å². The molecule has 0 aromatic heterocycles. The van der Waals surface area contributed by atoms with Crippen molar-refractivity contribution in [3.63, 3.8) is 0 Å². The number of halogens is 1. The number of hydrogen-bond donors (Lipinski definition) is 0. The van der Waals surface area contributed by atoms with E-state index in [0.29, 0.717) is 11.8 Å². The van der Waals surface area contributed by atoms with Crippen molar-refractivity contribution in [2.45, 2.75) is 6.42 Å². The van der Waals surface area contributed by atoms with Gasteiger partial charge < -0.3 is 0 Å². The van der Waals surface area contributed by atoms with Crippen molar-refractivity contribution >= 4 is 15.9 Å². The Morgan fingerprint density at radius 1 is 1.86 bits per heavy atom. The van der Waals surface area contributed by atoms with Crippen molar-refractivity contribution in [2.75, 3.05) is 5.33 Å². The third-order valence-electron chi connectivity index (χ3n) is 1.29. The normalized spacial score (nSPS) is 37.1. The van der Waals surface area contributed by atoms with E-state index in [9.17, 15) is 0 Å².